The standard InChI is InChI=1S/C18H21N3O5S/c1-20(2)27(24,25)14-9-7-13(8-10-14)19-17(22)15-5-3-11-21(15)18(23)16-6-4-12-26-16/h4,6-10,12,15H,3,5,11H2,1-2H3,(H,19,22)/t15-/m0/s1. The van der Waals surface area contributed by atoms with Crippen LogP contribution in [0.2, 0.25) is 0 Å². The zero-order valence-corrected chi connectivity index (χ0v) is 15.9. The van der Waals surface area contributed by atoms with Crippen LogP contribution in [-0.2, 0) is 14.8 Å². The lowest BCUT2D eigenvalue weighted by Crippen LogP contribution is -2.43. The van der Waals surface area contributed by atoms with Crippen LogP contribution >= 0.6 is 0 Å². The minimum atomic E-state index is -3.53. The number of amides is 2. The second-order valence-corrected chi connectivity index (χ2v) is 8.59. The Morgan fingerprint density at radius 1 is 1.19 bits per heavy atom. The lowest BCUT2D eigenvalue weighted by molar-refractivity contribution is -0.119. The molecule has 0 unspecified atom stereocenters. The van der Waals surface area contributed by atoms with Crippen LogP contribution in [0, 0.1) is 0 Å². The third-order valence-electron chi connectivity index (χ3n) is 4.45. The van der Waals surface area contributed by atoms with E-state index in [0.29, 0.717) is 18.7 Å². The first-order valence-corrected chi connectivity index (χ1v) is 9.92. The van der Waals surface area contributed by atoms with Gasteiger partial charge in [-0.2, -0.15) is 0 Å². The van der Waals surface area contributed by atoms with E-state index in [1.807, 2.05) is 0 Å². The number of hydrogen-bond donors (Lipinski definition) is 1. The van der Waals surface area contributed by atoms with Gasteiger partial charge in [-0.05, 0) is 49.2 Å². The lowest BCUT2D eigenvalue weighted by atomic mass is 10.2. The summed E-state index contributed by atoms with van der Waals surface area (Å²) in [5.74, 6) is -0.423. The van der Waals surface area contributed by atoms with Crippen molar-refractivity contribution >= 4 is 27.5 Å². The van der Waals surface area contributed by atoms with Gasteiger partial charge < -0.3 is 14.6 Å². The first-order chi connectivity index (χ1) is 12.8. The average Bonchev–Trinajstić information content (AvgIpc) is 3.33. The minimum absolute atomic E-state index is 0.140. The number of hydrogen-bond acceptors (Lipinski definition) is 5. The number of rotatable bonds is 5. The van der Waals surface area contributed by atoms with Crippen LogP contribution in [0.4, 0.5) is 5.69 Å². The molecule has 1 aromatic carbocycles. The van der Waals surface area contributed by atoms with E-state index in [4.69, 9.17) is 4.42 Å². The molecule has 2 heterocycles. The van der Waals surface area contributed by atoms with Gasteiger partial charge in [0.05, 0.1) is 11.2 Å². The van der Waals surface area contributed by atoms with Crippen molar-refractivity contribution in [3.8, 4) is 0 Å². The van der Waals surface area contributed by atoms with Crippen LogP contribution in [0.3, 0.4) is 0 Å². The van der Waals surface area contributed by atoms with Crippen molar-refractivity contribution in [3.63, 3.8) is 0 Å². The van der Waals surface area contributed by atoms with Crippen molar-refractivity contribution in [1.82, 2.24) is 9.21 Å². The normalized spacial score (nSPS) is 17.3. The monoisotopic (exact) mass is 391 g/mol. The number of nitrogens with one attached hydrogen (secondary N) is 1. The third-order valence-corrected chi connectivity index (χ3v) is 6.28. The number of benzene rings is 1. The van der Waals surface area contributed by atoms with Crippen molar-refractivity contribution in [1.29, 1.82) is 0 Å². The number of likely N-dealkylation sites (tertiary alicyclic amines) is 1. The summed E-state index contributed by atoms with van der Waals surface area (Å²) in [4.78, 5) is 26.7. The number of nitrogens with zero attached hydrogens (tertiary/aromatic N) is 2. The highest BCUT2D eigenvalue weighted by molar-refractivity contribution is 7.89. The molecule has 1 atom stereocenters. The van der Waals surface area contributed by atoms with E-state index >= 15 is 0 Å². The Morgan fingerprint density at radius 2 is 1.89 bits per heavy atom. The van der Waals surface area contributed by atoms with Gasteiger partial charge in [-0.25, -0.2) is 12.7 Å². The minimum Gasteiger partial charge on any atom is -0.459 e. The summed E-state index contributed by atoms with van der Waals surface area (Å²) >= 11 is 0. The molecule has 1 fully saturated rings. The van der Waals surface area contributed by atoms with E-state index in [-0.39, 0.29) is 22.5 Å². The Bertz CT molecular complexity index is 920. The van der Waals surface area contributed by atoms with Crippen molar-refractivity contribution in [2.24, 2.45) is 0 Å². The largest absolute Gasteiger partial charge is 0.459 e. The van der Waals surface area contributed by atoms with E-state index in [1.54, 1.807) is 12.1 Å². The van der Waals surface area contributed by atoms with Gasteiger partial charge in [-0.15, -0.1) is 0 Å². The molecule has 0 radical (unpaired) electrons. The van der Waals surface area contributed by atoms with E-state index in [1.165, 1.54) is 49.5 Å². The molecule has 144 valence electrons. The SMILES string of the molecule is CN(C)S(=O)(=O)c1ccc(NC(=O)[C@@H]2CCCN2C(=O)c2ccco2)cc1. The van der Waals surface area contributed by atoms with E-state index in [9.17, 15) is 18.0 Å². The molecule has 8 nitrogen and oxygen atoms in total. The van der Waals surface area contributed by atoms with Gasteiger partial charge in [0.2, 0.25) is 15.9 Å². The zero-order chi connectivity index (χ0) is 19.6. The van der Waals surface area contributed by atoms with Gasteiger partial charge in [0.1, 0.15) is 6.04 Å². The maximum Gasteiger partial charge on any atom is 0.290 e. The van der Waals surface area contributed by atoms with Crippen LogP contribution in [-0.4, -0.2) is 56.1 Å². The van der Waals surface area contributed by atoms with Gasteiger partial charge in [0.15, 0.2) is 5.76 Å². The van der Waals surface area contributed by atoms with E-state index < -0.39 is 16.1 Å². The molecule has 0 bridgehead atoms. The van der Waals surface area contributed by atoms with Crippen molar-refractivity contribution in [3.05, 3.63) is 48.4 Å². The molecule has 0 aliphatic carbocycles. The average molecular weight is 391 g/mol. The number of furan rings is 1. The fourth-order valence-corrected chi connectivity index (χ4v) is 3.87. The van der Waals surface area contributed by atoms with Crippen molar-refractivity contribution in [2.45, 2.75) is 23.8 Å². The summed E-state index contributed by atoms with van der Waals surface area (Å²) in [6.45, 7) is 0.484. The molecular formula is C18H21N3O5S. The summed E-state index contributed by atoms with van der Waals surface area (Å²) < 4.78 is 30.4. The molecule has 3 rings (SSSR count). The predicted octanol–water partition coefficient (Wildman–Crippen LogP) is 1.77. The highest BCUT2D eigenvalue weighted by Crippen LogP contribution is 2.23. The Balaban J connectivity index is 1.70. The van der Waals surface area contributed by atoms with Gasteiger partial charge in [-0.1, -0.05) is 0 Å². The summed E-state index contributed by atoms with van der Waals surface area (Å²) in [5, 5.41) is 2.75. The summed E-state index contributed by atoms with van der Waals surface area (Å²) in [6, 6.07) is 8.54. The molecule has 0 saturated carbocycles. The molecular weight excluding hydrogens is 370 g/mol. The lowest BCUT2D eigenvalue weighted by Gasteiger charge is -2.23. The predicted molar refractivity (Wildman–Crippen MR) is 98.7 cm³/mol. The number of anilines is 1. The van der Waals surface area contributed by atoms with Gasteiger partial charge in [-0.3, -0.25) is 9.59 Å². The zero-order valence-electron chi connectivity index (χ0n) is 15.1. The Hall–Kier alpha value is -2.65. The Morgan fingerprint density at radius 3 is 2.48 bits per heavy atom. The van der Waals surface area contributed by atoms with Gasteiger partial charge in [0, 0.05) is 26.3 Å². The first-order valence-electron chi connectivity index (χ1n) is 8.48. The van der Waals surface area contributed by atoms with E-state index in [0.717, 1.165) is 10.7 Å². The van der Waals surface area contributed by atoms with Gasteiger partial charge in [0.25, 0.3) is 5.91 Å². The number of carbonyl (C=O) groups excluding carboxylic acids is 2. The number of carbonyl (C=O) groups is 2. The second kappa shape index (κ2) is 7.53. The quantitative estimate of drug-likeness (QED) is 0.837. The maximum absolute atomic E-state index is 12.6. The van der Waals surface area contributed by atoms with Gasteiger partial charge >= 0.3 is 0 Å². The summed E-state index contributed by atoms with van der Waals surface area (Å²) in [5.41, 5.74) is 0.468. The molecule has 1 aliphatic rings. The number of sulfonamides is 1. The molecule has 1 saturated heterocycles. The smallest absolute Gasteiger partial charge is 0.290 e. The van der Waals surface area contributed by atoms with Crippen molar-refractivity contribution in [2.75, 3.05) is 26.0 Å². The highest BCUT2D eigenvalue weighted by Gasteiger charge is 2.35. The molecule has 1 N–H and O–H groups in total. The van der Waals surface area contributed by atoms with Crippen LogP contribution in [0.5, 0.6) is 0 Å². The first kappa shape index (κ1) is 19.1. The maximum atomic E-state index is 12.6. The van der Waals surface area contributed by atoms with E-state index in [2.05, 4.69) is 5.32 Å². The summed E-state index contributed by atoms with van der Waals surface area (Å²) in [7, 11) is -0.617. The molecule has 9 heteroatoms. The summed E-state index contributed by atoms with van der Waals surface area (Å²) in [6.07, 6.45) is 2.71. The Kier molecular flexibility index (Phi) is 5.33. The van der Waals surface area contributed by atoms with Crippen LogP contribution < -0.4 is 5.32 Å². The molecule has 2 aromatic rings. The third kappa shape index (κ3) is 3.88. The highest BCUT2D eigenvalue weighted by atomic mass is 32.2. The van der Waals surface area contributed by atoms with Crippen LogP contribution in [0.1, 0.15) is 23.4 Å². The van der Waals surface area contributed by atoms with Crippen molar-refractivity contribution < 1.29 is 22.4 Å². The topological polar surface area (TPSA) is 99.9 Å². The fraction of sp³-hybridized carbons (Fsp3) is 0.333. The molecule has 1 aromatic heterocycles. The molecule has 0 spiro atoms. The molecule has 27 heavy (non-hydrogen) atoms. The molecule has 2 amide bonds. The van der Waals surface area contributed by atoms with Crippen LogP contribution in [0.15, 0.2) is 52.0 Å². The molecule has 1 aliphatic heterocycles. The second-order valence-electron chi connectivity index (χ2n) is 6.43. The Labute approximate surface area is 157 Å². The van der Waals surface area contributed by atoms with Crippen LogP contribution in [0.25, 0.3) is 0 Å². The fourth-order valence-electron chi connectivity index (χ4n) is 2.97.